The summed E-state index contributed by atoms with van der Waals surface area (Å²) < 4.78 is 16.2. The third-order valence-electron chi connectivity index (χ3n) is 3.38. The molecule has 1 heterocycles. The molecule has 1 aliphatic heterocycles. The van der Waals surface area contributed by atoms with Crippen LogP contribution in [0.25, 0.3) is 0 Å². The maximum atomic E-state index is 12.3. The second-order valence-electron chi connectivity index (χ2n) is 4.84. The number of carbonyl (C=O) groups excluding carboxylic acids is 1. The maximum absolute atomic E-state index is 12.3. The third kappa shape index (κ3) is 3.86. The zero-order valence-corrected chi connectivity index (χ0v) is 12.4. The first-order chi connectivity index (χ1) is 10.2. The predicted molar refractivity (Wildman–Crippen MR) is 76.4 cm³/mol. The number of amides is 1. The number of hydrogen-bond donors (Lipinski definition) is 1. The van der Waals surface area contributed by atoms with Gasteiger partial charge in [0.05, 0.1) is 26.9 Å². The standard InChI is InChI=1S/C15H21NO5/c1-11(15(18)16-5-7-20-8-6-16)21-14-9-12(10-17)3-4-13(14)19-2/h3-4,9,11,17H,5-8,10H2,1-2H3. The van der Waals surface area contributed by atoms with E-state index in [0.29, 0.717) is 43.4 Å². The minimum absolute atomic E-state index is 0.0743. The van der Waals surface area contributed by atoms with E-state index in [2.05, 4.69) is 0 Å². The zero-order chi connectivity index (χ0) is 15.2. The molecule has 0 saturated carbocycles. The molecule has 21 heavy (non-hydrogen) atoms. The molecule has 116 valence electrons. The van der Waals surface area contributed by atoms with Crippen LogP contribution in [0.15, 0.2) is 18.2 Å². The molecule has 1 saturated heterocycles. The molecule has 1 unspecified atom stereocenters. The van der Waals surface area contributed by atoms with E-state index in [9.17, 15) is 9.90 Å². The van der Waals surface area contributed by atoms with Crippen LogP contribution in [0.2, 0.25) is 0 Å². The Morgan fingerprint density at radius 2 is 2.10 bits per heavy atom. The van der Waals surface area contributed by atoms with Gasteiger partial charge >= 0.3 is 0 Å². The molecule has 2 rings (SSSR count). The fourth-order valence-electron chi connectivity index (χ4n) is 2.19. The van der Waals surface area contributed by atoms with Crippen molar-refractivity contribution in [3.63, 3.8) is 0 Å². The van der Waals surface area contributed by atoms with Crippen LogP contribution in [0.5, 0.6) is 11.5 Å². The Morgan fingerprint density at radius 3 is 2.71 bits per heavy atom. The molecule has 0 spiro atoms. The van der Waals surface area contributed by atoms with E-state index >= 15 is 0 Å². The van der Waals surface area contributed by atoms with Crippen molar-refractivity contribution in [1.29, 1.82) is 0 Å². The van der Waals surface area contributed by atoms with Gasteiger partial charge in [-0.05, 0) is 24.6 Å². The molecule has 1 N–H and O–H groups in total. The number of rotatable bonds is 5. The molecule has 0 aromatic heterocycles. The average molecular weight is 295 g/mol. The lowest BCUT2D eigenvalue weighted by atomic mass is 10.2. The fourth-order valence-corrected chi connectivity index (χ4v) is 2.19. The number of hydrogen-bond acceptors (Lipinski definition) is 5. The molecule has 1 fully saturated rings. The average Bonchev–Trinajstić information content (AvgIpc) is 2.54. The van der Waals surface area contributed by atoms with E-state index in [1.54, 1.807) is 30.0 Å². The van der Waals surface area contributed by atoms with E-state index in [4.69, 9.17) is 14.2 Å². The molecule has 1 amide bonds. The van der Waals surface area contributed by atoms with Gasteiger partial charge in [0.15, 0.2) is 17.6 Å². The van der Waals surface area contributed by atoms with Crippen molar-refractivity contribution in [2.75, 3.05) is 33.4 Å². The molecule has 1 aliphatic rings. The predicted octanol–water partition coefficient (Wildman–Crippen LogP) is 0.814. The highest BCUT2D eigenvalue weighted by Crippen LogP contribution is 2.29. The maximum Gasteiger partial charge on any atom is 0.263 e. The summed E-state index contributed by atoms with van der Waals surface area (Å²) in [5, 5.41) is 9.19. The van der Waals surface area contributed by atoms with Crippen LogP contribution in [0, 0.1) is 0 Å². The summed E-state index contributed by atoms with van der Waals surface area (Å²) in [4.78, 5) is 14.0. The second-order valence-corrected chi connectivity index (χ2v) is 4.84. The van der Waals surface area contributed by atoms with E-state index in [0.717, 1.165) is 0 Å². The summed E-state index contributed by atoms with van der Waals surface area (Å²) in [5.74, 6) is 0.918. The van der Waals surface area contributed by atoms with Gasteiger partial charge in [0.2, 0.25) is 0 Å². The summed E-state index contributed by atoms with van der Waals surface area (Å²) in [7, 11) is 1.54. The van der Waals surface area contributed by atoms with Crippen molar-refractivity contribution in [3.05, 3.63) is 23.8 Å². The van der Waals surface area contributed by atoms with Gasteiger partial charge in [-0.25, -0.2) is 0 Å². The summed E-state index contributed by atoms with van der Waals surface area (Å²) in [5.41, 5.74) is 0.705. The Hall–Kier alpha value is -1.79. The van der Waals surface area contributed by atoms with Crippen LogP contribution in [0.3, 0.4) is 0 Å². The Bertz CT molecular complexity index is 485. The largest absolute Gasteiger partial charge is 0.493 e. The molecular formula is C15H21NO5. The molecule has 0 radical (unpaired) electrons. The van der Waals surface area contributed by atoms with Crippen LogP contribution in [0.4, 0.5) is 0 Å². The van der Waals surface area contributed by atoms with Crippen LogP contribution in [0.1, 0.15) is 12.5 Å². The smallest absolute Gasteiger partial charge is 0.263 e. The van der Waals surface area contributed by atoms with Gasteiger partial charge in [0, 0.05) is 13.1 Å². The lowest BCUT2D eigenvalue weighted by Crippen LogP contribution is -2.46. The summed E-state index contributed by atoms with van der Waals surface area (Å²) >= 11 is 0. The lowest BCUT2D eigenvalue weighted by molar-refractivity contribution is -0.142. The number of nitrogens with zero attached hydrogens (tertiary/aromatic N) is 1. The van der Waals surface area contributed by atoms with Gasteiger partial charge in [-0.1, -0.05) is 6.07 Å². The number of aliphatic hydroxyl groups is 1. The lowest BCUT2D eigenvalue weighted by Gasteiger charge is -2.29. The van der Waals surface area contributed by atoms with Crippen molar-refractivity contribution in [1.82, 2.24) is 4.90 Å². The van der Waals surface area contributed by atoms with E-state index in [-0.39, 0.29) is 12.5 Å². The fraction of sp³-hybridized carbons (Fsp3) is 0.533. The first kappa shape index (κ1) is 15.6. The van der Waals surface area contributed by atoms with Gasteiger partial charge in [-0.3, -0.25) is 4.79 Å². The summed E-state index contributed by atoms with van der Waals surface area (Å²) in [6.45, 7) is 3.90. The SMILES string of the molecule is COc1ccc(CO)cc1OC(C)C(=O)N1CCOCC1. The molecule has 1 aromatic rings. The van der Waals surface area contributed by atoms with E-state index in [1.807, 2.05) is 0 Å². The zero-order valence-electron chi connectivity index (χ0n) is 12.4. The highest BCUT2D eigenvalue weighted by atomic mass is 16.5. The number of ether oxygens (including phenoxy) is 3. The van der Waals surface area contributed by atoms with Gasteiger partial charge in [-0.15, -0.1) is 0 Å². The monoisotopic (exact) mass is 295 g/mol. The molecule has 0 bridgehead atoms. The Morgan fingerprint density at radius 1 is 1.38 bits per heavy atom. The normalized spacial score (nSPS) is 16.4. The Kier molecular flexibility index (Phi) is 5.41. The Balaban J connectivity index is 2.07. The van der Waals surface area contributed by atoms with Crippen molar-refractivity contribution in [2.45, 2.75) is 19.6 Å². The first-order valence-electron chi connectivity index (χ1n) is 6.96. The molecule has 0 aliphatic carbocycles. The van der Waals surface area contributed by atoms with Crippen molar-refractivity contribution in [3.8, 4) is 11.5 Å². The molecule has 6 heteroatoms. The van der Waals surface area contributed by atoms with Crippen LogP contribution in [-0.2, 0) is 16.1 Å². The van der Waals surface area contributed by atoms with Crippen molar-refractivity contribution < 1.29 is 24.1 Å². The van der Waals surface area contributed by atoms with Crippen LogP contribution in [-0.4, -0.2) is 55.4 Å². The Labute approximate surface area is 124 Å². The molecule has 1 atom stereocenters. The van der Waals surface area contributed by atoms with Gasteiger partial charge in [0.25, 0.3) is 5.91 Å². The first-order valence-corrected chi connectivity index (χ1v) is 6.96. The number of methoxy groups -OCH3 is 1. The summed E-state index contributed by atoms with van der Waals surface area (Å²) in [6.07, 6.45) is -0.619. The topological polar surface area (TPSA) is 68.2 Å². The number of carbonyl (C=O) groups is 1. The second kappa shape index (κ2) is 7.28. The summed E-state index contributed by atoms with van der Waals surface area (Å²) in [6, 6.07) is 5.15. The van der Waals surface area contributed by atoms with Crippen LogP contribution >= 0.6 is 0 Å². The van der Waals surface area contributed by atoms with E-state index in [1.165, 1.54) is 7.11 Å². The highest BCUT2D eigenvalue weighted by Gasteiger charge is 2.24. The molecule has 1 aromatic carbocycles. The number of aliphatic hydroxyl groups excluding tert-OH is 1. The molecular weight excluding hydrogens is 274 g/mol. The van der Waals surface area contributed by atoms with Crippen molar-refractivity contribution in [2.24, 2.45) is 0 Å². The minimum atomic E-state index is -0.619. The van der Waals surface area contributed by atoms with Crippen LogP contribution < -0.4 is 9.47 Å². The third-order valence-corrected chi connectivity index (χ3v) is 3.38. The van der Waals surface area contributed by atoms with E-state index < -0.39 is 6.10 Å². The quantitative estimate of drug-likeness (QED) is 0.871. The van der Waals surface area contributed by atoms with Gasteiger partial charge in [-0.2, -0.15) is 0 Å². The van der Waals surface area contributed by atoms with Crippen molar-refractivity contribution >= 4 is 5.91 Å². The van der Waals surface area contributed by atoms with Gasteiger partial charge < -0.3 is 24.2 Å². The molecule has 6 nitrogen and oxygen atoms in total. The number of benzene rings is 1. The number of morpholine rings is 1. The highest BCUT2D eigenvalue weighted by molar-refractivity contribution is 5.81. The minimum Gasteiger partial charge on any atom is -0.493 e. The van der Waals surface area contributed by atoms with Gasteiger partial charge in [0.1, 0.15) is 0 Å².